The smallest absolute Gasteiger partial charge is 0.227 e. The number of hydrogen-bond acceptors (Lipinski definition) is 2. The number of likely N-dealkylation sites (tertiary alicyclic amines) is 2. The summed E-state index contributed by atoms with van der Waals surface area (Å²) in [5.41, 5.74) is 2.24. The summed E-state index contributed by atoms with van der Waals surface area (Å²) in [5, 5.41) is 1.18. The number of carbonyl (C=O) groups excluding carboxylic acids is 1. The van der Waals surface area contributed by atoms with Crippen LogP contribution in [0, 0.1) is 0 Å². The van der Waals surface area contributed by atoms with Gasteiger partial charge in [0.15, 0.2) is 0 Å². The van der Waals surface area contributed by atoms with Crippen molar-refractivity contribution in [1.29, 1.82) is 0 Å². The Balaban J connectivity index is 1.45. The van der Waals surface area contributed by atoms with Gasteiger partial charge in [-0.05, 0) is 50.4 Å². The fourth-order valence-electron chi connectivity index (χ4n) is 4.16. The van der Waals surface area contributed by atoms with Gasteiger partial charge in [-0.25, -0.2) is 0 Å². The number of fused-ring (bicyclic) bond motifs is 1. The molecule has 2 aliphatic rings. The minimum absolute atomic E-state index is 0.288. The molecule has 23 heavy (non-hydrogen) atoms. The molecule has 0 bridgehead atoms. The van der Waals surface area contributed by atoms with E-state index in [1.165, 1.54) is 31.3 Å². The maximum Gasteiger partial charge on any atom is 0.227 e. The summed E-state index contributed by atoms with van der Waals surface area (Å²) < 4.78 is 0. The molecule has 0 radical (unpaired) electrons. The van der Waals surface area contributed by atoms with Crippen molar-refractivity contribution in [2.45, 2.75) is 38.1 Å². The molecule has 1 aromatic carbocycles. The largest absolute Gasteiger partial charge is 0.361 e. The molecule has 3 heterocycles. The molecule has 0 aliphatic carbocycles. The van der Waals surface area contributed by atoms with Crippen molar-refractivity contribution in [1.82, 2.24) is 14.8 Å². The molecule has 0 spiro atoms. The molecule has 2 fully saturated rings. The summed E-state index contributed by atoms with van der Waals surface area (Å²) >= 11 is 0. The Labute approximate surface area is 137 Å². The number of amides is 1. The number of rotatable bonds is 4. The minimum Gasteiger partial charge on any atom is -0.361 e. The van der Waals surface area contributed by atoms with Gasteiger partial charge in [0.2, 0.25) is 5.91 Å². The molecule has 0 saturated carbocycles. The van der Waals surface area contributed by atoms with Crippen LogP contribution in [0.4, 0.5) is 0 Å². The number of para-hydroxylation sites is 1. The second kappa shape index (κ2) is 6.36. The number of benzene rings is 1. The molecule has 2 aliphatic heterocycles. The number of nitrogens with zero attached hydrogens (tertiary/aromatic N) is 2. The first-order valence-electron chi connectivity index (χ1n) is 8.88. The second-order valence-corrected chi connectivity index (χ2v) is 6.93. The molecule has 0 unspecified atom stereocenters. The Kier molecular flexibility index (Phi) is 4.08. The zero-order valence-electron chi connectivity index (χ0n) is 13.6. The highest BCUT2D eigenvalue weighted by Crippen LogP contribution is 2.23. The fourth-order valence-corrected chi connectivity index (χ4v) is 4.16. The van der Waals surface area contributed by atoms with E-state index in [9.17, 15) is 4.79 Å². The topological polar surface area (TPSA) is 39.3 Å². The Morgan fingerprint density at radius 2 is 1.96 bits per heavy atom. The van der Waals surface area contributed by atoms with Crippen LogP contribution in [0.2, 0.25) is 0 Å². The van der Waals surface area contributed by atoms with Crippen molar-refractivity contribution >= 4 is 16.8 Å². The second-order valence-electron chi connectivity index (χ2n) is 6.93. The van der Waals surface area contributed by atoms with Gasteiger partial charge < -0.3 is 14.8 Å². The Morgan fingerprint density at radius 3 is 2.83 bits per heavy atom. The normalized spacial score (nSPS) is 22.3. The van der Waals surface area contributed by atoms with Gasteiger partial charge in [-0.2, -0.15) is 0 Å². The molecule has 1 atom stereocenters. The molecule has 1 amide bonds. The van der Waals surface area contributed by atoms with E-state index in [-0.39, 0.29) is 5.91 Å². The third kappa shape index (κ3) is 3.00. The summed E-state index contributed by atoms with van der Waals surface area (Å²) in [7, 11) is 0. The lowest BCUT2D eigenvalue weighted by molar-refractivity contribution is -0.131. The van der Waals surface area contributed by atoms with Crippen LogP contribution in [-0.2, 0) is 11.2 Å². The van der Waals surface area contributed by atoms with Gasteiger partial charge in [-0.3, -0.25) is 4.79 Å². The molecule has 2 saturated heterocycles. The fraction of sp³-hybridized carbons (Fsp3) is 0.526. The first-order valence-corrected chi connectivity index (χ1v) is 8.88. The van der Waals surface area contributed by atoms with Crippen LogP contribution in [0.5, 0.6) is 0 Å². The van der Waals surface area contributed by atoms with Crippen molar-refractivity contribution in [3.05, 3.63) is 36.0 Å². The van der Waals surface area contributed by atoms with Crippen LogP contribution in [-0.4, -0.2) is 52.9 Å². The number of aromatic nitrogens is 1. The van der Waals surface area contributed by atoms with Crippen LogP contribution in [0.1, 0.15) is 31.2 Å². The number of carbonyl (C=O) groups is 1. The van der Waals surface area contributed by atoms with Crippen molar-refractivity contribution in [3.8, 4) is 0 Å². The SMILES string of the molecule is O=C(Cc1c[nH]c2ccccc12)N1CCC[C@@H]1CN1CCCC1. The molecule has 2 aromatic rings. The highest BCUT2D eigenvalue weighted by atomic mass is 16.2. The lowest BCUT2D eigenvalue weighted by Crippen LogP contribution is -2.43. The van der Waals surface area contributed by atoms with Gasteiger partial charge >= 0.3 is 0 Å². The van der Waals surface area contributed by atoms with E-state index in [0.717, 1.165) is 37.0 Å². The quantitative estimate of drug-likeness (QED) is 0.943. The van der Waals surface area contributed by atoms with Crippen LogP contribution in [0.15, 0.2) is 30.5 Å². The monoisotopic (exact) mass is 311 g/mol. The van der Waals surface area contributed by atoms with Crippen molar-refractivity contribution in [3.63, 3.8) is 0 Å². The molecule has 1 aromatic heterocycles. The van der Waals surface area contributed by atoms with Crippen LogP contribution < -0.4 is 0 Å². The average Bonchev–Trinajstić information content (AvgIpc) is 3.29. The van der Waals surface area contributed by atoms with E-state index in [1.807, 2.05) is 18.3 Å². The predicted molar refractivity (Wildman–Crippen MR) is 92.4 cm³/mol. The highest BCUT2D eigenvalue weighted by molar-refractivity contribution is 5.89. The van der Waals surface area contributed by atoms with Crippen LogP contribution >= 0.6 is 0 Å². The van der Waals surface area contributed by atoms with Gasteiger partial charge in [0.25, 0.3) is 0 Å². The average molecular weight is 311 g/mol. The van der Waals surface area contributed by atoms with Crippen molar-refractivity contribution < 1.29 is 4.79 Å². The van der Waals surface area contributed by atoms with E-state index in [2.05, 4.69) is 26.9 Å². The van der Waals surface area contributed by atoms with Gasteiger partial charge in [-0.1, -0.05) is 18.2 Å². The Bertz CT molecular complexity index is 687. The molecule has 4 nitrogen and oxygen atoms in total. The van der Waals surface area contributed by atoms with Crippen molar-refractivity contribution in [2.75, 3.05) is 26.2 Å². The van der Waals surface area contributed by atoms with Gasteiger partial charge in [0.1, 0.15) is 0 Å². The maximum absolute atomic E-state index is 12.8. The molecule has 122 valence electrons. The van der Waals surface area contributed by atoms with Gasteiger partial charge in [0.05, 0.1) is 6.42 Å². The molecule has 4 heteroatoms. The van der Waals surface area contributed by atoms with Gasteiger partial charge in [0, 0.05) is 36.2 Å². The summed E-state index contributed by atoms with van der Waals surface area (Å²) in [5.74, 6) is 0.288. The Morgan fingerprint density at radius 1 is 1.13 bits per heavy atom. The Hall–Kier alpha value is -1.81. The third-order valence-electron chi connectivity index (χ3n) is 5.38. The standard InChI is InChI=1S/C19H25N3O/c23-19(12-15-13-20-18-8-2-1-7-17(15)18)22-11-5-6-16(22)14-21-9-3-4-10-21/h1-2,7-8,13,16,20H,3-6,9-12,14H2/t16-/m1/s1. The molecular weight excluding hydrogens is 286 g/mol. The van der Waals surface area contributed by atoms with Crippen molar-refractivity contribution in [2.24, 2.45) is 0 Å². The first-order chi connectivity index (χ1) is 11.3. The predicted octanol–water partition coefficient (Wildman–Crippen LogP) is 2.80. The zero-order valence-corrected chi connectivity index (χ0v) is 13.6. The third-order valence-corrected chi connectivity index (χ3v) is 5.38. The lowest BCUT2D eigenvalue weighted by Gasteiger charge is -2.28. The van der Waals surface area contributed by atoms with E-state index < -0.39 is 0 Å². The molecule has 4 rings (SSSR count). The van der Waals surface area contributed by atoms with Crippen LogP contribution in [0.25, 0.3) is 10.9 Å². The van der Waals surface area contributed by atoms with E-state index in [0.29, 0.717) is 12.5 Å². The maximum atomic E-state index is 12.8. The van der Waals surface area contributed by atoms with E-state index in [1.54, 1.807) is 0 Å². The number of nitrogens with one attached hydrogen (secondary N) is 1. The summed E-state index contributed by atoms with van der Waals surface area (Å²) in [4.78, 5) is 20.8. The lowest BCUT2D eigenvalue weighted by atomic mass is 10.1. The number of aromatic amines is 1. The minimum atomic E-state index is 0.288. The summed E-state index contributed by atoms with van der Waals surface area (Å²) in [6.07, 6.45) is 7.45. The number of H-pyrrole nitrogens is 1. The highest BCUT2D eigenvalue weighted by Gasteiger charge is 2.30. The van der Waals surface area contributed by atoms with E-state index in [4.69, 9.17) is 0 Å². The van der Waals surface area contributed by atoms with E-state index >= 15 is 0 Å². The van der Waals surface area contributed by atoms with Gasteiger partial charge in [-0.15, -0.1) is 0 Å². The van der Waals surface area contributed by atoms with Crippen LogP contribution in [0.3, 0.4) is 0 Å². The molecular formula is C19H25N3O. The zero-order chi connectivity index (χ0) is 15.6. The molecule has 1 N–H and O–H groups in total. The first kappa shape index (κ1) is 14.8. The number of hydrogen-bond donors (Lipinski definition) is 1. The summed E-state index contributed by atoms with van der Waals surface area (Å²) in [6, 6.07) is 8.65. The summed E-state index contributed by atoms with van der Waals surface area (Å²) in [6.45, 7) is 4.42.